The van der Waals surface area contributed by atoms with E-state index in [-0.39, 0.29) is 0 Å². The first-order chi connectivity index (χ1) is 8.74. The minimum atomic E-state index is 0.664. The molecule has 0 atom stereocenters. The van der Waals surface area contributed by atoms with Crippen LogP contribution in [0.4, 0.5) is 0 Å². The first-order valence-corrected chi connectivity index (χ1v) is 7.80. The van der Waals surface area contributed by atoms with Gasteiger partial charge in [0, 0.05) is 42.9 Å². The topological polar surface area (TPSA) is 15.3 Å². The zero-order valence-electron chi connectivity index (χ0n) is 11.5. The fraction of sp³-hybridized carbons (Fsp3) is 0.600. The van der Waals surface area contributed by atoms with Crippen LogP contribution in [0.1, 0.15) is 19.4 Å². The molecule has 0 aromatic heterocycles. The van der Waals surface area contributed by atoms with Crippen molar-refractivity contribution in [2.75, 3.05) is 32.7 Å². The lowest BCUT2D eigenvalue weighted by Gasteiger charge is -2.27. The molecule has 2 rings (SSSR count). The van der Waals surface area contributed by atoms with Crippen LogP contribution < -0.4 is 5.32 Å². The van der Waals surface area contributed by atoms with Crippen LogP contribution in [0.5, 0.6) is 0 Å². The van der Waals surface area contributed by atoms with E-state index in [9.17, 15) is 0 Å². The molecule has 1 aliphatic rings. The molecule has 0 unspecified atom stereocenters. The van der Waals surface area contributed by atoms with Crippen molar-refractivity contribution in [3.63, 3.8) is 0 Å². The third kappa shape index (κ3) is 4.63. The summed E-state index contributed by atoms with van der Waals surface area (Å²) in [6, 6.07) is 9.09. The Morgan fingerprint density at radius 3 is 2.44 bits per heavy atom. The first kappa shape index (κ1) is 13.9. The highest BCUT2D eigenvalue weighted by atomic mass is 32.2. The Kier molecular flexibility index (Phi) is 5.54. The molecular weight excluding hydrogens is 240 g/mol. The van der Waals surface area contributed by atoms with Gasteiger partial charge in [0.15, 0.2) is 0 Å². The zero-order chi connectivity index (χ0) is 12.8. The number of nitrogens with zero attached hydrogens (tertiary/aromatic N) is 1. The van der Waals surface area contributed by atoms with E-state index in [2.05, 4.69) is 48.3 Å². The van der Waals surface area contributed by atoms with Crippen LogP contribution >= 0.6 is 11.8 Å². The van der Waals surface area contributed by atoms with Crippen molar-refractivity contribution in [2.24, 2.45) is 0 Å². The largest absolute Gasteiger partial charge is 0.314 e. The summed E-state index contributed by atoms with van der Waals surface area (Å²) >= 11 is 1.93. The van der Waals surface area contributed by atoms with Gasteiger partial charge in [-0.05, 0) is 24.1 Å². The van der Waals surface area contributed by atoms with Gasteiger partial charge in [0.2, 0.25) is 0 Å². The summed E-state index contributed by atoms with van der Waals surface area (Å²) in [5.41, 5.74) is 1.46. The number of rotatable bonds is 5. The molecule has 1 N–H and O–H groups in total. The number of hydrogen-bond acceptors (Lipinski definition) is 3. The molecule has 0 saturated carbocycles. The van der Waals surface area contributed by atoms with E-state index >= 15 is 0 Å². The van der Waals surface area contributed by atoms with Gasteiger partial charge in [0.1, 0.15) is 0 Å². The van der Waals surface area contributed by atoms with Crippen LogP contribution in [0.2, 0.25) is 0 Å². The molecule has 1 aromatic carbocycles. The van der Waals surface area contributed by atoms with E-state index < -0.39 is 0 Å². The van der Waals surface area contributed by atoms with Gasteiger partial charge in [0.25, 0.3) is 0 Å². The normalized spacial score (nSPS) is 17.3. The lowest BCUT2D eigenvalue weighted by atomic mass is 10.1. The molecule has 2 nitrogen and oxygen atoms in total. The Morgan fingerprint density at radius 2 is 1.83 bits per heavy atom. The molecule has 1 heterocycles. The molecule has 1 fully saturated rings. The van der Waals surface area contributed by atoms with Gasteiger partial charge in [-0.3, -0.25) is 0 Å². The summed E-state index contributed by atoms with van der Waals surface area (Å²) in [5, 5.41) is 4.06. The second kappa shape index (κ2) is 7.17. The van der Waals surface area contributed by atoms with Gasteiger partial charge >= 0.3 is 0 Å². The van der Waals surface area contributed by atoms with Crippen LogP contribution in [0.3, 0.4) is 0 Å². The average Bonchev–Trinajstić information content (AvgIpc) is 2.38. The maximum Gasteiger partial charge on any atom is 0.0108 e. The number of nitrogens with one attached hydrogen (secondary N) is 1. The molecule has 1 saturated heterocycles. The van der Waals surface area contributed by atoms with Gasteiger partial charge in [0.05, 0.1) is 0 Å². The Labute approximate surface area is 115 Å². The van der Waals surface area contributed by atoms with Crippen molar-refractivity contribution in [3.05, 3.63) is 29.8 Å². The smallest absolute Gasteiger partial charge is 0.0108 e. The van der Waals surface area contributed by atoms with Crippen LogP contribution in [0, 0.1) is 0 Å². The highest BCUT2D eigenvalue weighted by Crippen LogP contribution is 2.22. The van der Waals surface area contributed by atoms with E-state index in [1.165, 1.54) is 36.5 Å². The highest BCUT2D eigenvalue weighted by molar-refractivity contribution is 7.99. The van der Waals surface area contributed by atoms with Crippen LogP contribution in [0.15, 0.2) is 29.2 Å². The summed E-state index contributed by atoms with van der Waals surface area (Å²) in [6.07, 6.45) is 1.17. The molecule has 3 heteroatoms. The quantitative estimate of drug-likeness (QED) is 0.823. The molecule has 100 valence electrons. The molecule has 0 amide bonds. The standard InChI is InChI=1S/C15H24N2S/c1-13(2)18-15-5-3-14(4-6-15)7-10-17-11-8-16-9-12-17/h3-6,13,16H,7-12H2,1-2H3. The number of benzene rings is 1. The van der Waals surface area contributed by atoms with Crippen LogP contribution in [-0.4, -0.2) is 42.9 Å². The van der Waals surface area contributed by atoms with Crippen molar-refractivity contribution in [2.45, 2.75) is 30.4 Å². The van der Waals surface area contributed by atoms with Gasteiger partial charge in [-0.25, -0.2) is 0 Å². The summed E-state index contributed by atoms with van der Waals surface area (Å²) in [4.78, 5) is 3.93. The monoisotopic (exact) mass is 264 g/mol. The van der Waals surface area contributed by atoms with Crippen molar-refractivity contribution < 1.29 is 0 Å². The van der Waals surface area contributed by atoms with Crippen LogP contribution in [-0.2, 0) is 6.42 Å². The summed E-state index contributed by atoms with van der Waals surface area (Å²) in [7, 11) is 0. The van der Waals surface area contributed by atoms with Gasteiger partial charge in [-0.2, -0.15) is 0 Å². The Morgan fingerprint density at radius 1 is 1.17 bits per heavy atom. The molecular formula is C15H24N2S. The fourth-order valence-corrected chi connectivity index (χ4v) is 3.07. The number of thioether (sulfide) groups is 1. The first-order valence-electron chi connectivity index (χ1n) is 6.93. The Hall–Kier alpha value is -0.510. The minimum absolute atomic E-state index is 0.664. The molecule has 18 heavy (non-hydrogen) atoms. The molecule has 0 aliphatic carbocycles. The van der Waals surface area contributed by atoms with Gasteiger partial charge in [-0.1, -0.05) is 26.0 Å². The van der Waals surface area contributed by atoms with Crippen LogP contribution in [0.25, 0.3) is 0 Å². The second-order valence-corrected chi connectivity index (χ2v) is 6.80. The molecule has 1 aromatic rings. The third-order valence-corrected chi connectivity index (χ3v) is 4.24. The van der Waals surface area contributed by atoms with E-state index in [4.69, 9.17) is 0 Å². The zero-order valence-corrected chi connectivity index (χ0v) is 12.3. The second-order valence-electron chi connectivity index (χ2n) is 5.15. The fourth-order valence-electron chi connectivity index (χ4n) is 2.23. The lowest BCUT2D eigenvalue weighted by Crippen LogP contribution is -2.44. The lowest BCUT2D eigenvalue weighted by molar-refractivity contribution is 0.244. The van der Waals surface area contributed by atoms with Crippen molar-refractivity contribution in [1.29, 1.82) is 0 Å². The number of piperazine rings is 1. The molecule has 0 spiro atoms. The molecule has 0 bridgehead atoms. The van der Waals surface area contributed by atoms with Gasteiger partial charge < -0.3 is 10.2 Å². The Balaban J connectivity index is 1.78. The van der Waals surface area contributed by atoms with E-state index in [0.29, 0.717) is 5.25 Å². The third-order valence-electron chi connectivity index (χ3n) is 3.22. The maximum atomic E-state index is 3.39. The predicted octanol–water partition coefficient (Wildman–Crippen LogP) is 2.63. The Bertz CT molecular complexity index is 342. The van der Waals surface area contributed by atoms with Crippen molar-refractivity contribution in [3.8, 4) is 0 Å². The highest BCUT2D eigenvalue weighted by Gasteiger charge is 2.08. The van der Waals surface area contributed by atoms with Crippen molar-refractivity contribution in [1.82, 2.24) is 10.2 Å². The number of hydrogen-bond donors (Lipinski definition) is 1. The molecule has 1 aliphatic heterocycles. The molecule has 0 radical (unpaired) electrons. The summed E-state index contributed by atoms with van der Waals surface area (Å²) in [5.74, 6) is 0. The maximum absolute atomic E-state index is 3.39. The summed E-state index contributed by atoms with van der Waals surface area (Å²) in [6.45, 7) is 10.3. The van der Waals surface area contributed by atoms with E-state index in [0.717, 1.165) is 13.1 Å². The van der Waals surface area contributed by atoms with Crippen molar-refractivity contribution >= 4 is 11.8 Å². The summed E-state index contributed by atoms with van der Waals surface area (Å²) < 4.78 is 0. The SMILES string of the molecule is CC(C)Sc1ccc(CCN2CCNCC2)cc1. The van der Waals surface area contributed by atoms with E-state index in [1.54, 1.807) is 0 Å². The average molecular weight is 264 g/mol. The van der Waals surface area contributed by atoms with E-state index in [1.807, 2.05) is 11.8 Å². The van der Waals surface area contributed by atoms with Gasteiger partial charge in [-0.15, -0.1) is 11.8 Å². The minimum Gasteiger partial charge on any atom is -0.314 e. The predicted molar refractivity (Wildman–Crippen MR) is 80.4 cm³/mol.